The second-order valence-corrected chi connectivity index (χ2v) is 5.42. The zero-order valence-electron chi connectivity index (χ0n) is 13.3. The monoisotopic (exact) mass is 352 g/mol. The first kappa shape index (κ1) is 16.9. The molecule has 2 aromatic rings. The summed E-state index contributed by atoms with van der Waals surface area (Å²) in [5, 5.41) is 22.4. The highest BCUT2D eigenvalue weighted by molar-refractivity contribution is 6.05. The molecule has 0 aliphatic carbocycles. The van der Waals surface area contributed by atoms with E-state index in [9.17, 15) is 19.7 Å². The molecule has 0 aromatic heterocycles. The molecule has 3 rings (SSSR count). The summed E-state index contributed by atoms with van der Waals surface area (Å²) in [6.07, 6.45) is 0. The van der Waals surface area contributed by atoms with E-state index >= 15 is 0 Å². The van der Waals surface area contributed by atoms with Crippen LogP contribution >= 0.6 is 0 Å². The van der Waals surface area contributed by atoms with E-state index in [1.54, 1.807) is 18.2 Å². The molecule has 0 saturated carbocycles. The number of rotatable bonds is 4. The number of carbonyl (C=O) groups is 2. The Labute approximate surface area is 147 Å². The number of fused-ring (bicyclic) bond motifs is 1. The molecule has 0 bridgehead atoms. The van der Waals surface area contributed by atoms with Crippen LogP contribution in [0.1, 0.15) is 5.56 Å². The van der Waals surface area contributed by atoms with Crippen molar-refractivity contribution < 1.29 is 19.2 Å². The van der Waals surface area contributed by atoms with Gasteiger partial charge in [0.05, 0.1) is 22.2 Å². The van der Waals surface area contributed by atoms with Crippen molar-refractivity contribution in [3.8, 4) is 11.8 Å². The van der Waals surface area contributed by atoms with Gasteiger partial charge in [-0.15, -0.1) is 0 Å². The second-order valence-electron chi connectivity index (χ2n) is 5.42. The van der Waals surface area contributed by atoms with Crippen molar-refractivity contribution in [1.82, 2.24) is 0 Å². The van der Waals surface area contributed by atoms with Crippen molar-refractivity contribution in [2.24, 2.45) is 0 Å². The molecule has 1 heterocycles. The van der Waals surface area contributed by atoms with Gasteiger partial charge in [0.15, 0.2) is 6.61 Å². The first-order valence-electron chi connectivity index (χ1n) is 7.49. The van der Waals surface area contributed by atoms with Crippen LogP contribution in [0.4, 0.5) is 17.1 Å². The highest BCUT2D eigenvalue weighted by Gasteiger charge is 2.29. The van der Waals surface area contributed by atoms with Gasteiger partial charge in [-0.1, -0.05) is 6.07 Å². The van der Waals surface area contributed by atoms with Gasteiger partial charge in [0.1, 0.15) is 12.3 Å². The van der Waals surface area contributed by atoms with Gasteiger partial charge >= 0.3 is 0 Å². The number of nitrogens with zero attached hydrogens (tertiary/aromatic N) is 3. The fraction of sp³-hybridized carbons (Fsp3) is 0.118. The van der Waals surface area contributed by atoms with Crippen LogP contribution in [0.15, 0.2) is 42.5 Å². The predicted molar refractivity (Wildman–Crippen MR) is 90.7 cm³/mol. The van der Waals surface area contributed by atoms with Crippen molar-refractivity contribution in [1.29, 1.82) is 5.26 Å². The van der Waals surface area contributed by atoms with Crippen LogP contribution in [0.2, 0.25) is 0 Å². The Bertz CT molecular complexity index is 950. The fourth-order valence-electron chi connectivity index (χ4n) is 2.49. The van der Waals surface area contributed by atoms with Gasteiger partial charge in [0, 0.05) is 17.8 Å². The maximum Gasteiger partial charge on any atom is 0.271 e. The summed E-state index contributed by atoms with van der Waals surface area (Å²) in [5.74, 6) is -0.707. The van der Waals surface area contributed by atoms with Crippen LogP contribution in [0, 0.1) is 21.4 Å². The maximum atomic E-state index is 12.3. The van der Waals surface area contributed by atoms with E-state index < -0.39 is 16.7 Å². The lowest BCUT2D eigenvalue weighted by Crippen LogP contribution is -2.43. The molecule has 130 valence electrons. The number of benzene rings is 2. The minimum absolute atomic E-state index is 0.163. The van der Waals surface area contributed by atoms with E-state index in [4.69, 9.17) is 10.00 Å². The average molecular weight is 352 g/mol. The molecule has 0 unspecified atom stereocenters. The molecular weight excluding hydrogens is 340 g/mol. The highest BCUT2D eigenvalue weighted by atomic mass is 16.6. The van der Waals surface area contributed by atoms with E-state index in [0.29, 0.717) is 11.3 Å². The standard InChI is InChI=1S/C17H12N4O5/c18-8-11-2-1-3-12(6-11)19-16(22)9-20-14-7-13(21(24)25)4-5-15(14)26-10-17(20)23/h1-7H,9-10H2,(H,19,22). The third-order valence-electron chi connectivity index (χ3n) is 3.67. The summed E-state index contributed by atoms with van der Waals surface area (Å²) in [5.41, 5.74) is 0.741. The molecule has 2 aromatic carbocycles. The molecule has 0 fully saturated rings. The van der Waals surface area contributed by atoms with Crippen molar-refractivity contribution in [3.63, 3.8) is 0 Å². The summed E-state index contributed by atoms with van der Waals surface area (Å²) in [6, 6.07) is 12.1. The number of anilines is 2. The van der Waals surface area contributed by atoms with Crippen LogP contribution in [-0.2, 0) is 9.59 Å². The molecule has 2 amide bonds. The molecule has 26 heavy (non-hydrogen) atoms. The Kier molecular flexibility index (Phi) is 4.49. The van der Waals surface area contributed by atoms with Crippen molar-refractivity contribution in [2.45, 2.75) is 0 Å². The molecule has 0 saturated heterocycles. The predicted octanol–water partition coefficient (Wildman–Crippen LogP) is 1.83. The Morgan fingerprint density at radius 2 is 2.15 bits per heavy atom. The topological polar surface area (TPSA) is 126 Å². The molecule has 0 atom stereocenters. The summed E-state index contributed by atoms with van der Waals surface area (Å²) < 4.78 is 5.25. The number of amides is 2. The van der Waals surface area contributed by atoms with Gasteiger partial charge in [0.25, 0.3) is 11.6 Å². The van der Waals surface area contributed by atoms with Crippen LogP contribution in [0.3, 0.4) is 0 Å². The first-order valence-corrected chi connectivity index (χ1v) is 7.49. The zero-order chi connectivity index (χ0) is 18.7. The van der Waals surface area contributed by atoms with Gasteiger partial charge < -0.3 is 10.1 Å². The van der Waals surface area contributed by atoms with Gasteiger partial charge in [-0.2, -0.15) is 5.26 Å². The lowest BCUT2D eigenvalue weighted by molar-refractivity contribution is -0.384. The largest absolute Gasteiger partial charge is 0.482 e. The third kappa shape index (κ3) is 3.44. The lowest BCUT2D eigenvalue weighted by Gasteiger charge is -2.28. The molecular formula is C17H12N4O5. The van der Waals surface area contributed by atoms with Crippen LogP contribution < -0.4 is 15.0 Å². The van der Waals surface area contributed by atoms with Gasteiger partial charge in [-0.05, 0) is 24.3 Å². The van der Waals surface area contributed by atoms with E-state index in [2.05, 4.69) is 5.32 Å². The molecule has 1 aliphatic heterocycles. The van der Waals surface area contributed by atoms with Crippen molar-refractivity contribution in [2.75, 3.05) is 23.4 Å². The molecule has 0 spiro atoms. The van der Waals surface area contributed by atoms with E-state index in [1.165, 1.54) is 24.3 Å². The number of non-ortho nitro benzene ring substituents is 1. The van der Waals surface area contributed by atoms with Gasteiger partial charge in [-0.3, -0.25) is 24.6 Å². The van der Waals surface area contributed by atoms with Crippen molar-refractivity contribution in [3.05, 3.63) is 58.1 Å². The van der Waals surface area contributed by atoms with E-state index in [1.807, 2.05) is 6.07 Å². The quantitative estimate of drug-likeness (QED) is 0.661. The minimum atomic E-state index is -0.592. The normalized spacial score (nSPS) is 12.6. The number of nitrogens with one attached hydrogen (secondary N) is 1. The summed E-state index contributed by atoms with van der Waals surface area (Å²) in [4.78, 5) is 35.9. The molecule has 1 N–H and O–H groups in total. The fourth-order valence-corrected chi connectivity index (χ4v) is 2.49. The molecule has 9 heteroatoms. The minimum Gasteiger partial charge on any atom is -0.482 e. The lowest BCUT2D eigenvalue weighted by atomic mass is 10.2. The molecule has 9 nitrogen and oxygen atoms in total. The third-order valence-corrected chi connectivity index (χ3v) is 3.67. The summed E-state index contributed by atoms with van der Waals surface area (Å²) in [7, 11) is 0. The Morgan fingerprint density at radius 1 is 1.35 bits per heavy atom. The summed E-state index contributed by atoms with van der Waals surface area (Å²) in [6.45, 7) is -0.602. The van der Waals surface area contributed by atoms with Gasteiger partial charge in [0.2, 0.25) is 5.91 Å². The average Bonchev–Trinajstić information content (AvgIpc) is 2.63. The number of hydrogen-bond acceptors (Lipinski definition) is 6. The molecule has 0 radical (unpaired) electrons. The maximum absolute atomic E-state index is 12.3. The van der Waals surface area contributed by atoms with Crippen LogP contribution in [0.5, 0.6) is 5.75 Å². The zero-order valence-corrected chi connectivity index (χ0v) is 13.3. The summed E-state index contributed by atoms with van der Waals surface area (Å²) >= 11 is 0. The first-order chi connectivity index (χ1) is 12.5. The van der Waals surface area contributed by atoms with E-state index in [-0.39, 0.29) is 30.3 Å². The highest BCUT2D eigenvalue weighted by Crippen LogP contribution is 2.35. The van der Waals surface area contributed by atoms with Crippen LogP contribution in [0.25, 0.3) is 0 Å². The number of hydrogen-bond donors (Lipinski definition) is 1. The number of ether oxygens (including phenoxy) is 1. The van der Waals surface area contributed by atoms with Gasteiger partial charge in [-0.25, -0.2) is 0 Å². The Balaban J connectivity index is 1.82. The number of nitriles is 1. The number of nitro benzene ring substituents is 1. The smallest absolute Gasteiger partial charge is 0.271 e. The number of carbonyl (C=O) groups excluding carboxylic acids is 2. The SMILES string of the molecule is N#Cc1cccc(NC(=O)CN2C(=O)COc3ccc([N+](=O)[O-])cc32)c1. The number of nitro groups is 1. The Morgan fingerprint density at radius 3 is 2.88 bits per heavy atom. The van der Waals surface area contributed by atoms with Crippen LogP contribution in [-0.4, -0.2) is 29.9 Å². The second kappa shape index (κ2) is 6.90. The Hall–Kier alpha value is -3.93. The molecule has 1 aliphatic rings. The van der Waals surface area contributed by atoms with Crippen molar-refractivity contribution >= 4 is 28.9 Å². The van der Waals surface area contributed by atoms with E-state index in [0.717, 1.165) is 4.90 Å².